The van der Waals surface area contributed by atoms with Gasteiger partial charge in [0.05, 0.1) is 5.41 Å². The fourth-order valence-electron chi connectivity index (χ4n) is 1.18. The molecule has 1 rings (SSSR count). The molecule has 0 amide bonds. The number of alkyl halides is 2. The maximum absolute atomic E-state index is 11.9. The molecule has 0 aliphatic rings. The molecule has 0 fully saturated rings. The Bertz CT molecular complexity index is 371. The van der Waals surface area contributed by atoms with Gasteiger partial charge in [0.25, 0.3) is 0 Å². The summed E-state index contributed by atoms with van der Waals surface area (Å²) in [5.74, 6) is -0.963. The lowest BCUT2D eigenvalue weighted by Gasteiger charge is -2.19. The highest BCUT2D eigenvalue weighted by Crippen LogP contribution is 2.25. The highest BCUT2D eigenvalue weighted by Gasteiger charge is 2.29. The summed E-state index contributed by atoms with van der Waals surface area (Å²) >= 11 is 0. The summed E-state index contributed by atoms with van der Waals surface area (Å²) < 4.78 is 27.9. The maximum Gasteiger partial charge on any atom is 0.387 e. The summed E-state index contributed by atoms with van der Waals surface area (Å²) in [5, 5.41) is 8.96. The Labute approximate surface area is 91.7 Å². The molecule has 0 saturated carbocycles. The molecule has 0 radical (unpaired) electrons. The molecular weight excluding hydrogens is 218 g/mol. The first-order valence-corrected chi connectivity index (χ1v) is 4.63. The SMILES string of the molecule is CC(C)(C(=O)O)c1ccc(OC(F)F)cc1. The van der Waals surface area contributed by atoms with Crippen molar-refractivity contribution in [3.8, 4) is 5.75 Å². The van der Waals surface area contributed by atoms with Crippen LogP contribution in [-0.2, 0) is 10.2 Å². The van der Waals surface area contributed by atoms with Gasteiger partial charge in [0.15, 0.2) is 0 Å². The quantitative estimate of drug-likeness (QED) is 0.864. The minimum atomic E-state index is -2.88. The lowest BCUT2D eigenvalue weighted by molar-refractivity contribution is -0.142. The van der Waals surface area contributed by atoms with Crippen molar-refractivity contribution in [1.82, 2.24) is 0 Å². The summed E-state index contributed by atoms with van der Waals surface area (Å²) in [6.45, 7) is 0.203. The van der Waals surface area contributed by atoms with Gasteiger partial charge in [-0.05, 0) is 31.5 Å². The average molecular weight is 230 g/mol. The maximum atomic E-state index is 11.9. The number of carboxylic acids is 1. The zero-order valence-corrected chi connectivity index (χ0v) is 8.91. The van der Waals surface area contributed by atoms with Crippen LogP contribution in [0.15, 0.2) is 24.3 Å². The molecule has 5 heteroatoms. The van der Waals surface area contributed by atoms with Crippen LogP contribution in [0.1, 0.15) is 19.4 Å². The number of carboxylic acid groups (broad SMARTS) is 1. The number of aliphatic carboxylic acids is 1. The Morgan fingerprint density at radius 3 is 2.19 bits per heavy atom. The number of carbonyl (C=O) groups is 1. The normalized spacial score (nSPS) is 11.6. The molecule has 16 heavy (non-hydrogen) atoms. The van der Waals surface area contributed by atoms with Gasteiger partial charge in [-0.1, -0.05) is 12.1 Å². The first-order valence-electron chi connectivity index (χ1n) is 4.63. The highest BCUT2D eigenvalue weighted by atomic mass is 19.3. The van der Waals surface area contributed by atoms with E-state index in [4.69, 9.17) is 5.11 Å². The van der Waals surface area contributed by atoms with Crippen LogP contribution in [0.2, 0.25) is 0 Å². The van der Waals surface area contributed by atoms with Crippen molar-refractivity contribution in [2.24, 2.45) is 0 Å². The molecule has 0 unspecified atom stereocenters. The Kier molecular flexibility index (Phi) is 3.47. The molecule has 0 spiro atoms. The standard InChI is InChI=1S/C11H12F2O3/c1-11(2,9(14)15)7-3-5-8(6-4-7)16-10(12)13/h3-6,10H,1-2H3,(H,14,15). The van der Waals surface area contributed by atoms with Crippen LogP contribution in [-0.4, -0.2) is 17.7 Å². The van der Waals surface area contributed by atoms with Crippen LogP contribution in [0.25, 0.3) is 0 Å². The molecule has 0 aromatic heterocycles. The summed E-state index contributed by atoms with van der Waals surface area (Å²) in [6.07, 6.45) is 0. The molecule has 88 valence electrons. The third-order valence-corrected chi connectivity index (χ3v) is 2.34. The van der Waals surface area contributed by atoms with Gasteiger partial charge in [0, 0.05) is 0 Å². The van der Waals surface area contributed by atoms with Gasteiger partial charge in [0.2, 0.25) is 0 Å². The minimum absolute atomic E-state index is 0.0138. The molecule has 0 atom stereocenters. The van der Waals surface area contributed by atoms with Crippen LogP contribution >= 0.6 is 0 Å². The fraction of sp³-hybridized carbons (Fsp3) is 0.364. The summed E-state index contributed by atoms with van der Waals surface area (Å²) in [5.41, 5.74) is -0.523. The van der Waals surface area contributed by atoms with Crippen molar-refractivity contribution in [2.45, 2.75) is 25.9 Å². The molecule has 1 aromatic rings. The van der Waals surface area contributed by atoms with E-state index in [0.29, 0.717) is 5.56 Å². The smallest absolute Gasteiger partial charge is 0.387 e. The molecule has 1 aromatic carbocycles. The number of hydrogen-bond acceptors (Lipinski definition) is 2. The second-order valence-electron chi connectivity index (χ2n) is 3.83. The van der Waals surface area contributed by atoms with E-state index in [9.17, 15) is 13.6 Å². The van der Waals surface area contributed by atoms with E-state index in [2.05, 4.69) is 4.74 Å². The van der Waals surface area contributed by atoms with Crippen LogP contribution in [0.3, 0.4) is 0 Å². The monoisotopic (exact) mass is 230 g/mol. The van der Waals surface area contributed by atoms with Gasteiger partial charge >= 0.3 is 12.6 Å². The van der Waals surface area contributed by atoms with E-state index in [0.717, 1.165) is 0 Å². The molecule has 1 N–H and O–H groups in total. The predicted octanol–water partition coefficient (Wildman–Crippen LogP) is 2.65. The molecular formula is C11H12F2O3. The Morgan fingerprint density at radius 1 is 1.31 bits per heavy atom. The van der Waals surface area contributed by atoms with Gasteiger partial charge < -0.3 is 9.84 Å². The van der Waals surface area contributed by atoms with Gasteiger partial charge in [-0.2, -0.15) is 8.78 Å². The van der Waals surface area contributed by atoms with E-state index in [1.807, 2.05) is 0 Å². The second kappa shape index (κ2) is 4.47. The second-order valence-corrected chi connectivity index (χ2v) is 3.83. The van der Waals surface area contributed by atoms with Crippen LogP contribution in [0, 0.1) is 0 Å². The fourth-order valence-corrected chi connectivity index (χ4v) is 1.18. The largest absolute Gasteiger partial charge is 0.481 e. The number of rotatable bonds is 4. The number of halogens is 2. The molecule has 0 aliphatic heterocycles. The molecule has 3 nitrogen and oxygen atoms in total. The van der Waals surface area contributed by atoms with E-state index in [-0.39, 0.29) is 5.75 Å². The third-order valence-electron chi connectivity index (χ3n) is 2.34. The van der Waals surface area contributed by atoms with Crippen molar-refractivity contribution < 1.29 is 23.4 Å². The number of hydrogen-bond donors (Lipinski definition) is 1. The molecule has 0 aliphatic carbocycles. The van der Waals surface area contributed by atoms with Gasteiger partial charge in [-0.15, -0.1) is 0 Å². The Balaban J connectivity index is 2.91. The van der Waals surface area contributed by atoms with Crippen molar-refractivity contribution >= 4 is 5.97 Å². The average Bonchev–Trinajstić information content (AvgIpc) is 2.17. The molecule has 0 heterocycles. The van der Waals surface area contributed by atoms with Gasteiger partial charge in [-0.25, -0.2) is 0 Å². The minimum Gasteiger partial charge on any atom is -0.481 e. The van der Waals surface area contributed by atoms with Crippen LogP contribution in [0.5, 0.6) is 5.75 Å². The van der Waals surface area contributed by atoms with Crippen molar-refractivity contribution in [1.29, 1.82) is 0 Å². The van der Waals surface area contributed by atoms with Crippen LogP contribution in [0.4, 0.5) is 8.78 Å². The molecule has 0 bridgehead atoms. The van der Waals surface area contributed by atoms with E-state index >= 15 is 0 Å². The Hall–Kier alpha value is -1.65. The number of benzene rings is 1. The van der Waals surface area contributed by atoms with Gasteiger partial charge in [0.1, 0.15) is 5.75 Å². The summed E-state index contributed by atoms with van der Waals surface area (Å²) in [4.78, 5) is 10.9. The van der Waals surface area contributed by atoms with E-state index in [1.54, 1.807) is 0 Å². The lowest BCUT2D eigenvalue weighted by atomic mass is 9.85. The van der Waals surface area contributed by atoms with E-state index < -0.39 is 18.0 Å². The third kappa shape index (κ3) is 2.68. The van der Waals surface area contributed by atoms with Crippen molar-refractivity contribution in [3.05, 3.63) is 29.8 Å². The van der Waals surface area contributed by atoms with Gasteiger partial charge in [-0.3, -0.25) is 4.79 Å². The first-order chi connectivity index (χ1) is 7.34. The predicted molar refractivity (Wildman–Crippen MR) is 53.7 cm³/mol. The number of ether oxygens (including phenoxy) is 1. The zero-order valence-electron chi connectivity index (χ0n) is 8.91. The summed E-state index contributed by atoms with van der Waals surface area (Å²) in [7, 11) is 0. The zero-order chi connectivity index (χ0) is 12.3. The highest BCUT2D eigenvalue weighted by molar-refractivity contribution is 5.80. The van der Waals surface area contributed by atoms with Crippen molar-refractivity contribution in [3.63, 3.8) is 0 Å². The van der Waals surface area contributed by atoms with Crippen molar-refractivity contribution in [2.75, 3.05) is 0 Å². The Morgan fingerprint density at radius 2 is 1.81 bits per heavy atom. The van der Waals surface area contributed by atoms with Crippen LogP contribution < -0.4 is 4.74 Å². The lowest BCUT2D eigenvalue weighted by Crippen LogP contribution is -2.28. The first kappa shape index (κ1) is 12.4. The summed E-state index contributed by atoms with van der Waals surface area (Å²) in [6, 6.07) is 5.58. The topological polar surface area (TPSA) is 46.5 Å². The van der Waals surface area contributed by atoms with E-state index in [1.165, 1.54) is 38.1 Å². The molecule has 0 saturated heterocycles.